The third-order valence-electron chi connectivity index (χ3n) is 3.89. The number of aromatic nitrogens is 3. The van der Waals surface area contributed by atoms with Gasteiger partial charge in [0, 0.05) is 37.4 Å². The van der Waals surface area contributed by atoms with E-state index in [1.165, 1.54) is 43.1 Å². The van der Waals surface area contributed by atoms with Gasteiger partial charge in [0.2, 0.25) is 0 Å². The average molecular weight is 392 g/mol. The van der Waals surface area contributed by atoms with Crippen LogP contribution in [0.1, 0.15) is 5.69 Å². The van der Waals surface area contributed by atoms with E-state index >= 15 is 0 Å². The Morgan fingerprint density at radius 1 is 1.12 bits per heavy atom. The highest BCUT2D eigenvalue weighted by atomic mass is 32.2. The SMILES string of the molecule is Cn1c(CN(c2nccs2)S(=O)(=O)c2ccccc2)cc(=O)n(C)c1=O. The van der Waals surface area contributed by atoms with Gasteiger partial charge in [-0.25, -0.2) is 22.5 Å². The first kappa shape index (κ1) is 18.1. The van der Waals surface area contributed by atoms with Crippen LogP contribution >= 0.6 is 11.3 Å². The highest BCUT2D eigenvalue weighted by molar-refractivity contribution is 7.93. The van der Waals surface area contributed by atoms with Crippen molar-refractivity contribution in [2.75, 3.05) is 4.31 Å². The molecule has 26 heavy (non-hydrogen) atoms. The zero-order valence-electron chi connectivity index (χ0n) is 14.1. The maximum atomic E-state index is 13.1. The van der Waals surface area contributed by atoms with Gasteiger partial charge in [0.15, 0.2) is 5.13 Å². The molecule has 0 unspecified atom stereocenters. The van der Waals surface area contributed by atoms with Gasteiger partial charge in [0.05, 0.1) is 11.4 Å². The Morgan fingerprint density at radius 2 is 1.81 bits per heavy atom. The molecule has 3 aromatic rings. The van der Waals surface area contributed by atoms with Crippen molar-refractivity contribution in [2.45, 2.75) is 11.4 Å². The van der Waals surface area contributed by atoms with Gasteiger partial charge >= 0.3 is 5.69 Å². The molecule has 0 amide bonds. The summed E-state index contributed by atoms with van der Waals surface area (Å²) >= 11 is 1.15. The second kappa shape index (κ2) is 6.89. The molecule has 0 bridgehead atoms. The summed E-state index contributed by atoms with van der Waals surface area (Å²) in [5.41, 5.74) is -0.754. The molecule has 0 aliphatic heterocycles. The summed E-state index contributed by atoms with van der Waals surface area (Å²) in [5, 5.41) is 1.91. The molecule has 0 aliphatic rings. The van der Waals surface area contributed by atoms with Crippen LogP contribution in [0, 0.1) is 0 Å². The first-order valence-corrected chi connectivity index (χ1v) is 9.87. The van der Waals surface area contributed by atoms with E-state index in [2.05, 4.69) is 4.98 Å². The van der Waals surface area contributed by atoms with Crippen molar-refractivity contribution in [3.8, 4) is 0 Å². The number of thiazole rings is 1. The Labute approximate surface area is 153 Å². The van der Waals surface area contributed by atoms with Crippen LogP contribution in [0.5, 0.6) is 0 Å². The quantitative estimate of drug-likeness (QED) is 0.644. The van der Waals surface area contributed by atoms with E-state index < -0.39 is 21.3 Å². The molecule has 136 valence electrons. The molecule has 0 atom stereocenters. The molecule has 2 heterocycles. The first-order chi connectivity index (χ1) is 12.3. The molecular weight excluding hydrogens is 376 g/mol. The second-order valence-corrected chi connectivity index (χ2v) is 8.25. The maximum Gasteiger partial charge on any atom is 0.330 e. The standard InChI is InChI=1S/C16H16N4O4S2/c1-18-12(10-14(21)19(2)16(18)22)11-20(15-17-8-9-25-15)26(23,24)13-6-4-3-5-7-13/h3-10H,11H2,1-2H3. The molecule has 0 fully saturated rings. The van der Waals surface area contributed by atoms with Crippen LogP contribution in [0.2, 0.25) is 0 Å². The minimum atomic E-state index is -3.92. The van der Waals surface area contributed by atoms with Gasteiger partial charge in [-0.2, -0.15) is 0 Å². The Bertz CT molecular complexity index is 1130. The topological polar surface area (TPSA) is 94.3 Å². The van der Waals surface area contributed by atoms with Gasteiger partial charge < -0.3 is 0 Å². The number of sulfonamides is 1. The van der Waals surface area contributed by atoms with Crippen LogP contribution in [-0.2, 0) is 30.7 Å². The van der Waals surface area contributed by atoms with Gasteiger partial charge in [-0.15, -0.1) is 11.3 Å². The molecule has 3 rings (SSSR count). The van der Waals surface area contributed by atoms with E-state index in [0.29, 0.717) is 0 Å². The molecule has 10 heteroatoms. The Balaban J connectivity index is 2.14. The van der Waals surface area contributed by atoms with E-state index in [-0.39, 0.29) is 22.3 Å². The summed E-state index contributed by atoms with van der Waals surface area (Å²) in [6, 6.07) is 9.19. The summed E-state index contributed by atoms with van der Waals surface area (Å²) in [4.78, 5) is 28.3. The number of rotatable bonds is 5. The van der Waals surface area contributed by atoms with Crippen molar-refractivity contribution in [2.24, 2.45) is 14.1 Å². The predicted octanol–water partition coefficient (Wildman–Crippen LogP) is 0.936. The Morgan fingerprint density at radius 3 is 2.42 bits per heavy atom. The largest absolute Gasteiger partial charge is 0.330 e. The summed E-state index contributed by atoms with van der Waals surface area (Å²) in [5.74, 6) is 0. The fourth-order valence-corrected chi connectivity index (χ4v) is 4.67. The van der Waals surface area contributed by atoms with Gasteiger partial charge in [-0.1, -0.05) is 18.2 Å². The van der Waals surface area contributed by atoms with Gasteiger partial charge in [0.1, 0.15) is 0 Å². The van der Waals surface area contributed by atoms with Gasteiger partial charge in [-0.3, -0.25) is 13.9 Å². The highest BCUT2D eigenvalue weighted by Gasteiger charge is 2.28. The third-order valence-corrected chi connectivity index (χ3v) is 6.55. The van der Waals surface area contributed by atoms with Crippen molar-refractivity contribution in [1.82, 2.24) is 14.1 Å². The van der Waals surface area contributed by atoms with Crippen molar-refractivity contribution in [3.05, 3.63) is 74.5 Å². The molecule has 0 radical (unpaired) electrons. The maximum absolute atomic E-state index is 13.1. The van der Waals surface area contributed by atoms with E-state index in [1.807, 2.05) is 0 Å². The summed E-state index contributed by atoms with van der Waals surface area (Å²) in [6.07, 6.45) is 1.50. The van der Waals surface area contributed by atoms with E-state index in [0.717, 1.165) is 20.2 Å². The van der Waals surface area contributed by atoms with Crippen molar-refractivity contribution < 1.29 is 8.42 Å². The molecule has 0 spiro atoms. The van der Waals surface area contributed by atoms with Crippen LogP contribution < -0.4 is 15.6 Å². The Hall–Kier alpha value is -2.72. The fraction of sp³-hybridized carbons (Fsp3) is 0.188. The first-order valence-electron chi connectivity index (χ1n) is 7.55. The highest BCUT2D eigenvalue weighted by Crippen LogP contribution is 2.27. The van der Waals surface area contributed by atoms with Crippen LogP contribution in [0.15, 0.2) is 62.5 Å². The monoisotopic (exact) mass is 392 g/mol. The second-order valence-electron chi connectivity index (χ2n) is 5.51. The van der Waals surface area contributed by atoms with Crippen LogP contribution in [0.4, 0.5) is 5.13 Å². The van der Waals surface area contributed by atoms with Crippen molar-refractivity contribution in [3.63, 3.8) is 0 Å². The zero-order chi connectivity index (χ0) is 18.9. The van der Waals surface area contributed by atoms with Gasteiger partial charge in [-0.05, 0) is 12.1 Å². The molecular formula is C16H16N4O4S2. The van der Waals surface area contributed by atoms with Crippen LogP contribution in [0.25, 0.3) is 0 Å². The number of benzene rings is 1. The molecule has 1 aromatic carbocycles. The Kier molecular flexibility index (Phi) is 4.79. The lowest BCUT2D eigenvalue weighted by Crippen LogP contribution is -2.40. The smallest absolute Gasteiger partial charge is 0.299 e. The van der Waals surface area contributed by atoms with Gasteiger partial charge in [0.25, 0.3) is 15.6 Å². The molecule has 0 N–H and O–H groups in total. The van der Waals surface area contributed by atoms with Crippen LogP contribution in [0.3, 0.4) is 0 Å². The number of hydrogen-bond acceptors (Lipinski definition) is 6. The molecule has 8 nitrogen and oxygen atoms in total. The summed E-state index contributed by atoms with van der Waals surface area (Å²) < 4.78 is 29.5. The minimum Gasteiger partial charge on any atom is -0.299 e. The molecule has 0 saturated heterocycles. The number of anilines is 1. The average Bonchev–Trinajstić information content (AvgIpc) is 3.16. The van der Waals surface area contributed by atoms with Crippen LogP contribution in [-0.4, -0.2) is 22.5 Å². The number of hydrogen-bond donors (Lipinski definition) is 0. The zero-order valence-corrected chi connectivity index (χ0v) is 15.7. The minimum absolute atomic E-state index is 0.101. The number of nitrogens with zero attached hydrogens (tertiary/aromatic N) is 4. The lowest BCUT2D eigenvalue weighted by Gasteiger charge is -2.23. The molecule has 0 aliphatic carbocycles. The normalized spacial score (nSPS) is 11.5. The summed E-state index contributed by atoms with van der Waals surface area (Å²) in [6.45, 7) is -0.188. The summed E-state index contributed by atoms with van der Waals surface area (Å²) in [7, 11) is -1.06. The van der Waals surface area contributed by atoms with E-state index in [1.54, 1.807) is 23.6 Å². The van der Waals surface area contributed by atoms with Crippen molar-refractivity contribution in [1.29, 1.82) is 0 Å². The molecule has 2 aromatic heterocycles. The van der Waals surface area contributed by atoms with Crippen molar-refractivity contribution >= 4 is 26.5 Å². The van der Waals surface area contributed by atoms with E-state index in [9.17, 15) is 18.0 Å². The fourth-order valence-electron chi connectivity index (χ4n) is 2.39. The third kappa shape index (κ3) is 3.20. The molecule has 0 saturated carbocycles. The van der Waals surface area contributed by atoms with E-state index in [4.69, 9.17) is 0 Å². The lowest BCUT2D eigenvalue weighted by atomic mass is 10.4. The predicted molar refractivity (Wildman–Crippen MR) is 98.8 cm³/mol. The lowest BCUT2D eigenvalue weighted by molar-refractivity contribution is 0.586.